The standard InChI is InChI=1S/C25H23N5O4/c1-31-20-10-5-9-19(13-20)14-27-23-21(11-6-12-26-23)24-28-29-25(34-24)30(22-16-32-17-33-22)15-18-7-3-2-4-8-18/h2-13,16H,14-15,17H2,1H3,(H,26,27). The third-order valence-corrected chi connectivity index (χ3v) is 5.19. The molecule has 0 saturated heterocycles. The second-order valence-electron chi connectivity index (χ2n) is 7.45. The molecule has 0 radical (unpaired) electrons. The molecule has 0 bridgehead atoms. The maximum absolute atomic E-state index is 6.07. The molecule has 34 heavy (non-hydrogen) atoms. The maximum Gasteiger partial charge on any atom is 0.325 e. The summed E-state index contributed by atoms with van der Waals surface area (Å²) in [7, 11) is 1.65. The van der Waals surface area contributed by atoms with Crippen molar-refractivity contribution < 1.29 is 18.6 Å². The number of pyridine rings is 1. The summed E-state index contributed by atoms with van der Waals surface area (Å²) in [6.07, 6.45) is 3.25. The Morgan fingerprint density at radius 2 is 1.88 bits per heavy atom. The van der Waals surface area contributed by atoms with E-state index in [0.717, 1.165) is 16.9 Å². The fourth-order valence-electron chi connectivity index (χ4n) is 3.50. The zero-order chi connectivity index (χ0) is 23.2. The molecule has 0 unspecified atom stereocenters. The van der Waals surface area contributed by atoms with Crippen molar-refractivity contribution in [3.63, 3.8) is 0 Å². The van der Waals surface area contributed by atoms with Crippen molar-refractivity contribution in [2.24, 2.45) is 0 Å². The summed E-state index contributed by atoms with van der Waals surface area (Å²) in [6.45, 7) is 1.18. The molecule has 0 atom stereocenters. The lowest BCUT2D eigenvalue weighted by Crippen LogP contribution is -2.22. The summed E-state index contributed by atoms with van der Waals surface area (Å²) in [5.74, 6) is 2.28. The highest BCUT2D eigenvalue weighted by atomic mass is 16.7. The highest BCUT2D eigenvalue weighted by Crippen LogP contribution is 2.30. The Kier molecular flexibility index (Phi) is 6.24. The van der Waals surface area contributed by atoms with E-state index in [9.17, 15) is 0 Å². The van der Waals surface area contributed by atoms with Crippen LogP contribution in [0.1, 0.15) is 11.1 Å². The Morgan fingerprint density at radius 1 is 1.00 bits per heavy atom. The van der Waals surface area contributed by atoms with Crippen LogP contribution < -0.4 is 15.0 Å². The molecule has 172 valence electrons. The Bertz CT molecular complexity index is 1280. The summed E-state index contributed by atoms with van der Waals surface area (Å²) in [4.78, 5) is 6.25. The van der Waals surface area contributed by atoms with E-state index in [1.54, 1.807) is 18.2 Å². The van der Waals surface area contributed by atoms with Gasteiger partial charge in [-0.25, -0.2) is 4.98 Å². The van der Waals surface area contributed by atoms with Gasteiger partial charge in [0.1, 0.15) is 17.8 Å². The molecular formula is C25H23N5O4. The van der Waals surface area contributed by atoms with Crippen LogP contribution >= 0.6 is 0 Å². The number of methoxy groups -OCH3 is 1. The molecule has 9 nitrogen and oxygen atoms in total. The van der Waals surface area contributed by atoms with Gasteiger partial charge in [-0.05, 0) is 35.4 Å². The molecule has 1 aliphatic rings. The smallest absolute Gasteiger partial charge is 0.325 e. The van der Waals surface area contributed by atoms with Gasteiger partial charge in [0, 0.05) is 12.7 Å². The molecule has 0 aliphatic carbocycles. The van der Waals surface area contributed by atoms with Crippen LogP contribution in [0.3, 0.4) is 0 Å². The van der Waals surface area contributed by atoms with Crippen molar-refractivity contribution in [3.8, 4) is 17.2 Å². The number of hydrogen-bond donors (Lipinski definition) is 1. The SMILES string of the molecule is COc1cccc(CNc2ncccc2-c2nnc(N(Cc3ccccc3)C3=COCO3)o2)c1. The number of nitrogens with one attached hydrogen (secondary N) is 1. The molecule has 9 heteroatoms. The molecule has 4 aromatic rings. The number of anilines is 2. The molecular weight excluding hydrogens is 434 g/mol. The predicted octanol–water partition coefficient (Wildman–Crippen LogP) is 4.56. The van der Waals surface area contributed by atoms with Crippen molar-refractivity contribution in [2.45, 2.75) is 13.1 Å². The van der Waals surface area contributed by atoms with Crippen molar-refractivity contribution >= 4 is 11.8 Å². The van der Waals surface area contributed by atoms with Crippen LogP contribution in [0, 0.1) is 0 Å². The largest absolute Gasteiger partial charge is 0.497 e. The molecule has 0 saturated carbocycles. The van der Waals surface area contributed by atoms with Gasteiger partial charge in [-0.3, -0.25) is 4.90 Å². The van der Waals surface area contributed by atoms with Crippen LogP contribution in [0.2, 0.25) is 0 Å². The zero-order valence-electron chi connectivity index (χ0n) is 18.5. The van der Waals surface area contributed by atoms with Gasteiger partial charge in [0.05, 0.1) is 19.2 Å². The van der Waals surface area contributed by atoms with Gasteiger partial charge in [0.15, 0.2) is 0 Å². The molecule has 0 spiro atoms. The van der Waals surface area contributed by atoms with Crippen molar-refractivity contribution in [1.82, 2.24) is 15.2 Å². The van der Waals surface area contributed by atoms with Gasteiger partial charge in [-0.1, -0.05) is 47.6 Å². The van der Waals surface area contributed by atoms with Crippen molar-refractivity contribution in [3.05, 3.63) is 96.2 Å². The van der Waals surface area contributed by atoms with E-state index in [0.29, 0.717) is 42.3 Å². The van der Waals surface area contributed by atoms with E-state index < -0.39 is 0 Å². The Labute approximate surface area is 196 Å². The molecule has 0 fully saturated rings. The lowest BCUT2D eigenvalue weighted by Gasteiger charge is -2.19. The average molecular weight is 457 g/mol. The summed E-state index contributed by atoms with van der Waals surface area (Å²) in [6, 6.07) is 21.8. The van der Waals surface area contributed by atoms with E-state index in [1.807, 2.05) is 66.7 Å². The van der Waals surface area contributed by atoms with Gasteiger partial charge in [-0.15, -0.1) is 5.10 Å². The van der Waals surface area contributed by atoms with Gasteiger partial charge >= 0.3 is 6.01 Å². The van der Waals surface area contributed by atoms with Crippen molar-refractivity contribution in [1.29, 1.82) is 0 Å². The predicted molar refractivity (Wildman–Crippen MR) is 126 cm³/mol. The summed E-state index contributed by atoms with van der Waals surface area (Å²) in [5, 5.41) is 11.9. The minimum atomic E-state index is 0.141. The number of rotatable bonds is 9. The zero-order valence-corrected chi connectivity index (χ0v) is 18.5. The summed E-state index contributed by atoms with van der Waals surface area (Å²) < 4.78 is 22.2. The van der Waals surface area contributed by atoms with Crippen LogP contribution in [0.25, 0.3) is 11.5 Å². The molecule has 2 aromatic heterocycles. The lowest BCUT2D eigenvalue weighted by molar-refractivity contribution is 0.0776. The Morgan fingerprint density at radius 3 is 2.71 bits per heavy atom. The fourth-order valence-corrected chi connectivity index (χ4v) is 3.50. The van der Waals surface area contributed by atoms with Crippen LogP contribution in [-0.4, -0.2) is 29.1 Å². The first-order valence-electron chi connectivity index (χ1n) is 10.7. The molecule has 0 amide bonds. The maximum atomic E-state index is 6.07. The third kappa shape index (κ3) is 4.78. The van der Waals surface area contributed by atoms with E-state index in [-0.39, 0.29) is 6.79 Å². The first-order valence-corrected chi connectivity index (χ1v) is 10.7. The lowest BCUT2D eigenvalue weighted by atomic mass is 10.2. The quantitative estimate of drug-likeness (QED) is 0.388. The van der Waals surface area contributed by atoms with E-state index in [4.69, 9.17) is 18.6 Å². The third-order valence-electron chi connectivity index (χ3n) is 5.19. The van der Waals surface area contributed by atoms with E-state index >= 15 is 0 Å². The fraction of sp³-hybridized carbons (Fsp3) is 0.160. The second-order valence-corrected chi connectivity index (χ2v) is 7.45. The summed E-state index contributed by atoms with van der Waals surface area (Å²) in [5.41, 5.74) is 2.81. The highest BCUT2D eigenvalue weighted by molar-refractivity contribution is 5.69. The number of nitrogens with zero attached hydrogens (tertiary/aromatic N) is 4. The molecule has 1 N–H and O–H groups in total. The van der Waals surface area contributed by atoms with Crippen LogP contribution in [0.5, 0.6) is 5.75 Å². The van der Waals surface area contributed by atoms with E-state index in [2.05, 4.69) is 20.5 Å². The summed E-state index contributed by atoms with van der Waals surface area (Å²) >= 11 is 0. The minimum absolute atomic E-state index is 0.141. The topological polar surface area (TPSA) is 94.8 Å². The first-order chi connectivity index (χ1) is 16.8. The Hall–Kier alpha value is -4.53. The van der Waals surface area contributed by atoms with Crippen molar-refractivity contribution in [2.75, 3.05) is 24.1 Å². The molecule has 5 rings (SSSR count). The van der Waals surface area contributed by atoms with Crippen LogP contribution in [0.4, 0.5) is 11.8 Å². The van der Waals surface area contributed by atoms with E-state index in [1.165, 1.54) is 6.26 Å². The minimum Gasteiger partial charge on any atom is -0.497 e. The van der Waals surface area contributed by atoms with Gasteiger partial charge in [0.25, 0.3) is 5.89 Å². The number of ether oxygens (including phenoxy) is 3. The number of benzene rings is 2. The molecule has 3 heterocycles. The second kappa shape index (κ2) is 9.95. The first kappa shape index (κ1) is 21.3. The average Bonchev–Trinajstić information content (AvgIpc) is 3.60. The van der Waals surface area contributed by atoms with Gasteiger partial charge < -0.3 is 23.9 Å². The molecule has 2 aromatic carbocycles. The van der Waals surface area contributed by atoms with Gasteiger partial charge in [0.2, 0.25) is 12.7 Å². The number of aromatic nitrogens is 3. The monoisotopic (exact) mass is 457 g/mol. The van der Waals surface area contributed by atoms with Crippen LogP contribution in [0.15, 0.2) is 89.5 Å². The molecule has 1 aliphatic heterocycles. The van der Waals surface area contributed by atoms with Gasteiger partial charge in [-0.2, -0.15) is 0 Å². The van der Waals surface area contributed by atoms with Crippen LogP contribution in [-0.2, 0) is 22.6 Å². The highest BCUT2D eigenvalue weighted by Gasteiger charge is 2.24. The Balaban J connectivity index is 1.39. The number of hydrogen-bond acceptors (Lipinski definition) is 9. The normalized spacial score (nSPS) is 12.4.